The second kappa shape index (κ2) is 2.61. The Morgan fingerprint density at radius 2 is 2.58 bits per heavy atom. The fourth-order valence-corrected chi connectivity index (χ4v) is 1.77. The van der Waals surface area contributed by atoms with Crippen LogP contribution in [-0.2, 0) is 6.42 Å². The van der Waals surface area contributed by atoms with Crippen LogP contribution in [0.3, 0.4) is 0 Å². The van der Waals surface area contributed by atoms with E-state index in [1.807, 2.05) is 0 Å². The minimum atomic E-state index is 0.649. The lowest BCUT2D eigenvalue weighted by Gasteiger charge is -1.79. The molecule has 2 aromatic heterocycles. The summed E-state index contributed by atoms with van der Waals surface area (Å²) in [7, 11) is 0. The normalized spacial score (nSPS) is 10.3. The molecule has 0 bridgehead atoms. The predicted molar refractivity (Wildman–Crippen MR) is 48.2 cm³/mol. The van der Waals surface area contributed by atoms with Gasteiger partial charge >= 0.3 is 0 Å². The summed E-state index contributed by atoms with van der Waals surface area (Å²) in [4.78, 5) is 5.06. The van der Waals surface area contributed by atoms with E-state index in [4.69, 9.17) is 6.42 Å². The van der Waals surface area contributed by atoms with Gasteiger partial charge in [-0.3, -0.25) is 0 Å². The van der Waals surface area contributed by atoms with Gasteiger partial charge in [0.25, 0.3) is 0 Å². The van der Waals surface area contributed by atoms with Crippen LogP contribution in [0.5, 0.6) is 0 Å². The van der Waals surface area contributed by atoms with Gasteiger partial charge in [0.1, 0.15) is 10.7 Å². The number of hydrogen-bond donors (Lipinski definition) is 0. The predicted octanol–water partition coefficient (Wildman–Crippen LogP) is 1.33. The highest BCUT2D eigenvalue weighted by atomic mass is 32.1. The molecule has 0 aliphatic heterocycles. The van der Waals surface area contributed by atoms with Crippen LogP contribution in [0.1, 0.15) is 17.6 Å². The van der Waals surface area contributed by atoms with E-state index in [0.717, 1.165) is 16.4 Å². The second-order valence-corrected chi connectivity index (χ2v) is 3.39. The molecule has 0 saturated carbocycles. The quantitative estimate of drug-likeness (QED) is 0.615. The van der Waals surface area contributed by atoms with Crippen molar-refractivity contribution in [3.8, 4) is 12.3 Å². The van der Waals surface area contributed by atoms with Crippen molar-refractivity contribution >= 4 is 16.3 Å². The number of imidazole rings is 1. The summed E-state index contributed by atoms with van der Waals surface area (Å²) in [5.41, 5.74) is 0.649. The maximum Gasteiger partial charge on any atom is 0.213 e. The van der Waals surface area contributed by atoms with Crippen LogP contribution in [0.4, 0.5) is 0 Å². The van der Waals surface area contributed by atoms with Crippen LogP contribution in [0, 0.1) is 12.3 Å². The van der Waals surface area contributed by atoms with Crippen LogP contribution in [-0.4, -0.2) is 14.6 Å². The Balaban J connectivity index is 2.61. The summed E-state index contributed by atoms with van der Waals surface area (Å²) < 4.78 is 1.73. The average molecular weight is 177 g/mol. The molecule has 2 heterocycles. The average Bonchev–Trinajstić information content (AvgIpc) is 2.59. The van der Waals surface area contributed by atoms with Crippen LogP contribution < -0.4 is 0 Å². The molecule has 0 aromatic carbocycles. The lowest BCUT2D eigenvalue weighted by atomic mass is 10.5. The Morgan fingerprint density at radius 3 is 3.17 bits per heavy atom. The summed E-state index contributed by atoms with van der Waals surface area (Å²) in [5.74, 6) is 2.47. The van der Waals surface area contributed by atoms with E-state index in [2.05, 4.69) is 22.9 Å². The summed E-state index contributed by atoms with van der Waals surface area (Å²) in [6.45, 7) is 2.07. The monoisotopic (exact) mass is 177 g/mol. The van der Waals surface area contributed by atoms with Crippen molar-refractivity contribution in [3.63, 3.8) is 0 Å². The topological polar surface area (TPSA) is 30.2 Å². The third-order valence-electron chi connectivity index (χ3n) is 1.54. The van der Waals surface area contributed by atoms with E-state index in [-0.39, 0.29) is 0 Å². The molecule has 3 nitrogen and oxygen atoms in total. The molecule has 2 rings (SSSR count). The summed E-state index contributed by atoms with van der Waals surface area (Å²) in [5, 5.41) is 5.36. The van der Waals surface area contributed by atoms with Crippen LogP contribution in [0.2, 0.25) is 0 Å². The molecule has 0 atom stereocenters. The molecule has 0 radical (unpaired) electrons. The minimum Gasteiger partial charge on any atom is -0.210 e. The van der Waals surface area contributed by atoms with E-state index >= 15 is 0 Å². The van der Waals surface area contributed by atoms with Gasteiger partial charge in [0.05, 0.1) is 6.20 Å². The zero-order valence-corrected chi connectivity index (χ0v) is 7.43. The first-order valence-corrected chi connectivity index (χ1v) is 4.47. The third-order valence-corrected chi connectivity index (χ3v) is 2.60. The zero-order valence-electron chi connectivity index (χ0n) is 6.61. The van der Waals surface area contributed by atoms with Crippen molar-refractivity contribution in [1.82, 2.24) is 14.6 Å². The first kappa shape index (κ1) is 7.32. The SMILES string of the molecule is C#Cc1cn2nc(CC)sc2n1. The van der Waals surface area contributed by atoms with E-state index < -0.39 is 0 Å². The molecule has 0 amide bonds. The second-order valence-electron chi connectivity index (χ2n) is 2.35. The number of rotatable bonds is 1. The van der Waals surface area contributed by atoms with E-state index in [9.17, 15) is 0 Å². The highest BCUT2D eigenvalue weighted by Gasteiger charge is 2.04. The maximum atomic E-state index is 5.19. The van der Waals surface area contributed by atoms with Gasteiger partial charge in [0.2, 0.25) is 4.96 Å². The molecule has 2 aromatic rings. The molecule has 0 saturated heterocycles. The Bertz CT molecular complexity index is 415. The van der Waals surface area contributed by atoms with Crippen LogP contribution in [0.25, 0.3) is 4.96 Å². The van der Waals surface area contributed by atoms with Crippen molar-refractivity contribution in [2.45, 2.75) is 13.3 Å². The number of aryl methyl sites for hydroxylation is 1. The number of terminal acetylenes is 1. The molecule has 0 spiro atoms. The molecular weight excluding hydrogens is 170 g/mol. The van der Waals surface area contributed by atoms with Gasteiger partial charge in [-0.25, -0.2) is 9.50 Å². The Labute approximate surface area is 74.1 Å². The Kier molecular flexibility index (Phi) is 1.59. The maximum absolute atomic E-state index is 5.19. The molecule has 0 aliphatic carbocycles. The first-order chi connectivity index (χ1) is 5.83. The summed E-state index contributed by atoms with van der Waals surface area (Å²) in [6, 6.07) is 0. The van der Waals surface area contributed by atoms with Crippen molar-refractivity contribution in [2.75, 3.05) is 0 Å². The standard InChI is InChI=1S/C8H7N3S/c1-3-6-5-11-8(9-6)12-7(4-2)10-11/h1,5H,4H2,2H3. The highest BCUT2D eigenvalue weighted by molar-refractivity contribution is 7.16. The number of nitrogens with zero attached hydrogens (tertiary/aromatic N) is 3. The molecule has 60 valence electrons. The fraction of sp³-hybridized carbons (Fsp3) is 0.250. The zero-order chi connectivity index (χ0) is 8.55. The van der Waals surface area contributed by atoms with Crippen molar-refractivity contribution < 1.29 is 0 Å². The van der Waals surface area contributed by atoms with Crippen molar-refractivity contribution in [3.05, 3.63) is 16.9 Å². The third kappa shape index (κ3) is 0.990. The van der Waals surface area contributed by atoms with Crippen molar-refractivity contribution in [2.24, 2.45) is 0 Å². The molecule has 0 fully saturated rings. The van der Waals surface area contributed by atoms with Crippen LogP contribution in [0.15, 0.2) is 6.20 Å². The van der Waals surface area contributed by atoms with Gasteiger partial charge in [-0.15, -0.1) is 6.42 Å². The molecule has 12 heavy (non-hydrogen) atoms. The number of aromatic nitrogens is 3. The molecular formula is C8H7N3S. The number of hydrogen-bond acceptors (Lipinski definition) is 3. The Morgan fingerprint density at radius 1 is 1.75 bits per heavy atom. The lowest BCUT2D eigenvalue weighted by molar-refractivity contribution is 0.910. The van der Waals surface area contributed by atoms with Gasteiger partial charge in [-0.2, -0.15) is 5.10 Å². The van der Waals surface area contributed by atoms with E-state index in [1.165, 1.54) is 0 Å². The highest BCUT2D eigenvalue weighted by Crippen LogP contribution is 2.14. The largest absolute Gasteiger partial charge is 0.213 e. The number of fused-ring (bicyclic) bond motifs is 1. The summed E-state index contributed by atoms with van der Waals surface area (Å²) >= 11 is 1.58. The molecule has 0 N–H and O–H groups in total. The van der Waals surface area contributed by atoms with Gasteiger partial charge in [-0.1, -0.05) is 18.3 Å². The Hall–Kier alpha value is -1.34. The van der Waals surface area contributed by atoms with Gasteiger partial charge < -0.3 is 0 Å². The van der Waals surface area contributed by atoms with Crippen molar-refractivity contribution in [1.29, 1.82) is 0 Å². The minimum absolute atomic E-state index is 0.649. The first-order valence-electron chi connectivity index (χ1n) is 3.65. The van der Waals surface area contributed by atoms with E-state index in [1.54, 1.807) is 22.0 Å². The van der Waals surface area contributed by atoms with Gasteiger partial charge in [0.15, 0.2) is 0 Å². The molecule has 0 aliphatic rings. The fourth-order valence-electron chi connectivity index (χ4n) is 0.954. The smallest absolute Gasteiger partial charge is 0.210 e. The summed E-state index contributed by atoms with van der Waals surface area (Å²) in [6.07, 6.45) is 7.91. The van der Waals surface area contributed by atoms with E-state index in [0.29, 0.717) is 5.69 Å². The molecule has 0 unspecified atom stereocenters. The van der Waals surface area contributed by atoms with Gasteiger partial charge in [-0.05, 0) is 12.3 Å². The van der Waals surface area contributed by atoms with Crippen LogP contribution >= 0.6 is 11.3 Å². The van der Waals surface area contributed by atoms with Gasteiger partial charge in [0, 0.05) is 0 Å². The lowest BCUT2D eigenvalue weighted by Crippen LogP contribution is -1.83. The molecule has 4 heteroatoms.